The van der Waals surface area contributed by atoms with Gasteiger partial charge in [-0.05, 0) is 19.9 Å². The highest BCUT2D eigenvalue weighted by Crippen LogP contribution is 2.16. The third kappa shape index (κ3) is 5.33. The number of hydrogen-bond donors (Lipinski definition) is 0. The van der Waals surface area contributed by atoms with Crippen molar-refractivity contribution < 1.29 is 9.85 Å². The van der Waals surface area contributed by atoms with Gasteiger partial charge in [0.1, 0.15) is 0 Å². The second kappa shape index (κ2) is 3.80. The first-order valence-electron chi connectivity index (χ1n) is 3.28. The van der Waals surface area contributed by atoms with E-state index in [1.54, 1.807) is 13.8 Å². The summed E-state index contributed by atoms with van der Waals surface area (Å²) >= 11 is 0. The largest absolute Gasteiger partial charge is 0.265 e. The molecule has 0 unspecified atom stereocenters. The molecular formula is C6H10N2O4. The maximum absolute atomic E-state index is 10.1. The van der Waals surface area contributed by atoms with E-state index in [0.717, 1.165) is 6.20 Å². The minimum Gasteiger partial charge on any atom is -0.265 e. The number of nitro groups is 2. The molecule has 12 heavy (non-hydrogen) atoms. The molecule has 6 nitrogen and oxygen atoms in total. The Balaban J connectivity index is 4.21. The van der Waals surface area contributed by atoms with Gasteiger partial charge < -0.3 is 0 Å². The molecule has 0 aromatic rings. The fraction of sp³-hybridized carbons (Fsp3) is 0.667. The van der Waals surface area contributed by atoms with Crippen molar-refractivity contribution in [3.63, 3.8) is 0 Å². The lowest BCUT2D eigenvalue weighted by Crippen LogP contribution is -2.20. The monoisotopic (exact) mass is 174 g/mol. The van der Waals surface area contributed by atoms with Crippen molar-refractivity contribution in [1.29, 1.82) is 0 Å². The summed E-state index contributed by atoms with van der Waals surface area (Å²) in [5, 5.41) is 19.9. The molecule has 0 amide bonds. The molecule has 0 bridgehead atoms. The van der Waals surface area contributed by atoms with E-state index in [2.05, 4.69) is 0 Å². The molecule has 0 saturated carbocycles. The lowest BCUT2D eigenvalue weighted by atomic mass is 9.94. The van der Waals surface area contributed by atoms with Crippen molar-refractivity contribution in [1.82, 2.24) is 0 Å². The van der Waals surface area contributed by atoms with Gasteiger partial charge >= 0.3 is 0 Å². The zero-order chi connectivity index (χ0) is 9.78. The Hall–Kier alpha value is -1.46. The molecule has 0 rings (SSSR count). The predicted octanol–water partition coefficient (Wildman–Crippen LogP) is 1.08. The highest BCUT2D eigenvalue weighted by molar-refractivity contribution is 4.89. The molecule has 0 fully saturated rings. The van der Waals surface area contributed by atoms with Gasteiger partial charge in [0.05, 0.1) is 10.3 Å². The zero-order valence-corrected chi connectivity index (χ0v) is 6.89. The molecule has 0 heterocycles. The smallest absolute Gasteiger partial charge is 0.231 e. The fourth-order valence-corrected chi connectivity index (χ4v) is 0.648. The molecule has 0 radical (unpaired) electrons. The summed E-state index contributed by atoms with van der Waals surface area (Å²) in [4.78, 5) is 18.8. The van der Waals surface area contributed by atoms with Gasteiger partial charge in [-0.1, -0.05) is 0 Å². The van der Waals surface area contributed by atoms with Crippen LogP contribution in [0.15, 0.2) is 12.3 Å². The average molecular weight is 174 g/mol. The topological polar surface area (TPSA) is 86.3 Å². The highest BCUT2D eigenvalue weighted by atomic mass is 16.6. The lowest BCUT2D eigenvalue weighted by molar-refractivity contribution is -0.493. The van der Waals surface area contributed by atoms with Crippen LogP contribution in [0.5, 0.6) is 0 Å². The molecule has 0 N–H and O–H groups in total. The minimum absolute atomic E-state index is 0.308. The average Bonchev–Trinajstić information content (AvgIpc) is 1.81. The quantitative estimate of drug-likeness (QED) is 0.471. The van der Waals surface area contributed by atoms with Crippen LogP contribution in [-0.4, -0.2) is 16.4 Å². The van der Waals surface area contributed by atoms with E-state index in [1.165, 1.54) is 6.08 Å². The Morgan fingerprint density at radius 3 is 2.17 bits per heavy atom. The zero-order valence-electron chi connectivity index (χ0n) is 6.89. The van der Waals surface area contributed by atoms with Crippen LogP contribution in [0, 0.1) is 25.6 Å². The molecular weight excluding hydrogens is 164 g/mol. The van der Waals surface area contributed by atoms with E-state index in [9.17, 15) is 20.2 Å². The van der Waals surface area contributed by atoms with Crippen LogP contribution in [0.3, 0.4) is 0 Å². The van der Waals surface area contributed by atoms with Crippen molar-refractivity contribution >= 4 is 0 Å². The van der Waals surface area contributed by atoms with E-state index in [1.807, 2.05) is 0 Å². The summed E-state index contributed by atoms with van der Waals surface area (Å²) in [6.07, 6.45) is 1.94. The van der Waals surface area contributed by atoms with Gasteiger partial charge in [-0.15, -0.1) is 0 Å². The normalized spacial score (nSPS) is 11.8. The summed E-state index contributed by atoms with van der Waals surface area (Å²) in [5.74, 6) is 0. The minimum atomic E-state index is -0.767. The third-order valence-corrected chi connectivity index (χ3v) is 1.18. The number of hydrogen-bond acceptors (Lipinski definition) is 4. The van der Waals surface area contributed by atoms with Gasteiger partial charge in [-0.25, -0.2) is 0 Å². The Morgan fingerprint density at radius 1 is 1.33 bits per heavy atom. The van der Waals surface area contributed by atoms with E-state index >= 15 is 0 Å². The second-order valence-electron chi connectivity index (χ2n) is 3.08. The first-order chi connectivity index (χ1) is 5.33. The van der Waals surface area contributed by atoms with E-state index in [0.29, 0.717) is 0 Å². The van der Waals surface area contributed by atoms with Gasteiger partial charge in [0, 0.05) is 4.92 Å². The number of nitrogens with zero attached hydrogens (tertiary/aromatic N) is 2. The van der Waals surface area contributed by atoms with Crippen LogP contribution in [0.4, 0.5) is 0 Å². The maximum Gasteiger partial charge on any atom is 0.231 e. The summed E-state index contributed by atoms with van der Waals surface area (Å²) in [6.45, 7) is 2.82. The Kier molecular flexibility index (Phi) is 3.33. The van der Waals surface area contributed by atoms with Crippen molar-refractivity contribution in [2.24, 2.45) is 5.41 Å². The summed E-state index contributed by atoms with van der Waals surface area (Å²) in [7, 11) is 0. The molecule has 0 aromatic heterocycles. The van der Waals surface area contributed by atoms with Gasteiger partial charge in [-0.2, -0.15) is 0 Å². The van der Waals surface area contributed by atoms with Gasteiger partial charge in [0.15, 0.2) is 0 Å². The maximum atomic E-state index is 10.1. The number of rotatable bonds is 4. The summed E-state index contributed by atoms with van der Waals surface area (Å²) in [6, 6.07) is 0. The molecule has 68 valence electrons. The van der Waals surface area contributed by atoms with Crippen LogP contribution in [0.2, 0.25) is 0 Å². The second-order valence-corrected chi connectivity index (χ2v) is 3.08. The summed E-state index contributed by atoms with van der Waals surface area (Å²) < 4.78 is 0. The fourth-order valence-electron chi connectivity index (χ4n) is 0.648. The van der Waals surface area contributed by atoms with Gasteiger partial charge in [-0.3, -0.25) is 20.2 Å². The Labute approximate surface area is 69.2 Å². The molecule has 0 aliphatic carbocycles. The first-order valence-corrected chi connectivity index (χ1v) is 3.28. The standard InChI is InChI=1S/C6H10N2O4/c1-6(2,5-8(11)12)3-4-7(9)10/h3-4H,5H2,1-2H3. The van der Waals surface area contributed by atoms with Crippen molar-refractivity contribution in [2.45, 2.75) is 13.8 Å². The predicted molar refractivity (Wildman–Crippen MR) is 41.8 cm³/mol. The van der Waals surface area contributed by atoms with Crippen LogP contribution < -0.4 is 0 Å². The molecule has 0 aliphatic heterocycles. The molecule has 0 saturated heterocycles. The molecule has 0 aromatic carbocycles. The Bertz CT molecular complexity index is 222. The molecule has 0 atom stereocenters. The molecule has 0 aliphatic rings. The van der Waals surface area contributed by atoms with Gasteiger partial charge in [0.25, 0.3) is 0 Å². The molecule has 6 heteroatoms. The Morgan fingerprint density at radius 2 is 1.83 bits per heavy atom. The van der Waals surface area contributed by atoms with Crippen LogP contribution in [0.1, 0.15) is 13.8 Å². The van der Waals surface area contributed by atoms with E-state index in [4.69, 9.17) is 0 Å². The van der Waals surface area contributed by atoms with Crippen molar-refractivity contribution in [3.05, 3.63) is 32.5 Å². The van der Waals surface area contributed by atoms with E-state index < -0.39 is 15.3 Å². The van der Waals surface area contributed by atoms with E-state index in [-0.39, 0.29) is 6.54 Å². The molecule has 0 spiro atoms. The van der Waals surface area contributed by atoms with Gasteiger partial charge in [0.2, 0.25) is 12.7 Å². The summed E-state index contributed by atoms with van der Waals surface area (Å²) in [5.41, 5.74) is -0.767. The first kappa shape index (κ1) is 10.5. The van der Waals surface area contributed by atoms with Crippen LogP contribution >= 0.6 is 0 Å². The van der Waals surface area contributed by atoms with Crippen LogP contribution in [-0.2, 0) is 0 Å². The highest BCUT2D eigenvalue weighted by Gasteiger charge is 2.22. The third-order valence-electron chi connectivity index (χ3n) is 1.18. The SMILES string of the molecule is CC(C)(C=C[N+](=O)[O-])C[N+](=O)[O-]. The van der Waals surface area contributed by atoms with Crippen molar-refractivity contribution in [3.8, 4) is 0 Å². The lowest BCUT2D eigenvalue weighted by Gasteiger charge is -2.11. The van der Waals surface area contributed by atoms with Crippen LogP contribution in [0.25, 0.3) is 0 Å². The van der Waals surface area contributed by atoms with Crippen molar-refractivity contribution in [2.75, 3.05) is 6.54 Å².